The Bertz CT molecular complexity index is 335. The van der Waals surface area contributed by atoms with E-state index < -0.39 is 0 Å². The minimum atomic E-state index is 0.397. The Hall–Kier alpha value is -0.870. The van der Waals surface area contributed by atoms with Gasteiger partial charge in [-0.15, -0.1) is 0 Å². The van der Waals surface area contributed by atoms with Gasteiger partial charge in [-0.3, -0.25) is 0 Å². The highest BCUT2D eigenvalue weighted by atomic mass is 16.5. The largest absolute Gasteiger partial charge is 0.373 e. The van der Waals surface area contributed by atoms with Crippen LogP contribution < -0.4 is 5.32 Å². The summed E-state index contributed by atoms with van der Waals surface area (Å²) in [5.41, 5.74) is 2.06. The Kier molecular flexibility index (Phi) is 4.18. The average Bonchev–Trinajstić information content (AvgIpc) is 2.67. The van der Waals surface area contributed by atoms with Gasteiger partial charge in [0.25, 0.3) is 0 Å². The summed E-state index contributed by atoms with van der Waals surface area (Å²) in [5, 5.41) is 7.27. The molecule has 1 aliphatic carbocycles. The second-order valence-corrected chi connectivity index (χ2v) is 4.88. The first kappa shape index (κ1) is 12.6. The molecule has 1 saturated carbocycles. The molecular formula is C13H22N2O2. The van der Waals surface area contributed by atoms with Crippen LogP contribution in [0.3, 0.4) is 0 Å². The molecular weight excluding hydrogens is 216 g/mol. The minimum Gasteiger partial charge on any atom is -0.373 e. The van der Waals surface area contributed by atoms with E-state index in [2.05, 4.69) is 10.5 Å². The van der Waals surface area contributed by atoms with E-state index in [0.29, 0.717) is 18.8 Å². The normalized spacial score (nSPS) is 25.1. The van der Waals surface area contributed by atoms with Crippen LogP contribution in [-0.2, 0) is 11.3 Å². The summed E-state index contributed by atoms with van der Waals surface area (Å²) < 4.78 is 11.1. The van der Waals surface area contributed by atoms with Crippen molar-refractivity contribution in [2.75, 3.05) is 7.05 Å². The van der Waals surface area contributed by atoms with Crippen molar-refractivity contribution < 1.29 is 9.26 Å². The van der Waals surface area contributed by atoms with Crippen molar-refractivity contribution in [1.29, 1.82) is 0 Å². The number of aromatic nitrogens is 1. The van der Waals surface area contributed by atoms with Crippen LogP contribution in [0.5, 0.6) is 0 Å². The molecule has 0 atom stereocenters. The van der Waals surface area contributed by atoms with Gasteiger partial charge in [-0.25, -0.2) is 0 Å². The van der Waals surface area contributed by atoms with Crippen LogP contribution in [0, 0.1) is 13.8 Å². The van der Waals surface area contributed by atoms with Gasteiger partial charge in [0.1, 0.15) is 5.76 Å². The van der Waals surface area contributed by atoms with Crippen molar-refractivity contribution in [3.05, 3.63) is 17.0 Å². The van der Waals surface area contributed by atoms with Crippen LogP contribution in [0.4, 0.5) is 0 Å². The number of nitrogens with zero attached hydrogens (tertiary/aromatic N) is 1. The molecule has 0 bridgehead atoms. The molecule has 1 heterocycles. The van der Waals surface area contributed by atoms with Gasteiger partial charge >= 0.3 is 0 Å². The van der Waals surface area contributed by atoms with Gasteiger partial charge in [-0.1, -0.05) is 5.16 Å². The molecule has 1 aliphatic rings. The summed E-state index contributed by atoms with van der Waals surface area (Å²) in [6, 6.07) is 0.675. The molecule has 4 heteroatoms. The lowest BCUT2D eigenvalue weighted by atomic mass is 9.93. The molecule has 0 unspecified atom stereocenters. The second-order valence-electron chi connectivity index (χ2n) is 4.88. The second kappa shape index (κ2) is 5.65. The van der Waals surface area contributed by atoms with E-state index in [1.54, 1.807) is 0 Å². The molecule has 1 N–H and O–H groups in total. The third kappa shape index (κ3) is 3.07. The molecule has 1 fully saturated rings. The fourth-order valence-electron chi connectivity index (χ4n) is 2.43. The lowest BCUT2D eigenvalue weighted by molar-refractivity contribution is 0.0112. The highest BCUT2D eigenvalue weighted by Gasteiger charge is 2.21. The maximum Gasteiger partial charge on any atom is 0.139 e. The molecule has 4 nitrogen and oxygen atoms in total. The van der Waals surface area contributed by atoms with Crippen LogP contribution in [-0.4, -0.2) is 24.4 Å². The maximum atomic E-state index is 5.95. The van der Waals surface area contributed by atoms with Crippen molar-refractivity contribution in [3.63, 3.8) is 0 Å². The third-order valence-corrected chi connectivity index (χ3v) is 3.73. The predicted molar refractivity (Wildman–Crippen MR) is 65.9 cm³/mol. The molecule has 2 rings (SSSR count). The fraction of sp³-hybridized carbons (Fsp3) is 0.769. The molecule has 0 amide bonds. The van der Waals surface area contributed by atoms with E-state index >= 15 is 0 Å². The Morgan fingerprint density at radius 3 is 2.53 bits per heavy atom. The molecule has 0 radical (unpaired) electrons. The summed E-state index contributed by atoms with van der Waals surface area (Å²) in [7, 11) is 2.04. The van der Waals surface area contributed by atoms with Crippen LogP contribution in [0.15, 0.2) is 4.52 Å². The first-order chi connectivity index (χ1) is 8.20. The number of hydrogen-bond acceptors (Lipinski definition) is 4. The number of hydrogen-bond donors (Lipinski definition) is 1. The van der Waals surface area contributed by atoms with Crippen LogP contribution >= 0.6 is 0 Å². The monoisotopic (exact) mass is 238 g/mol. The van der Waals surface area contributed by atoms with Crippen LogP contribution in [0.25, 0.3) is 0 Å². The number of aryl methyl sites for hydroxylation is 2. The van der Waals surface area contributed by atoms with Gasteiger partial charge in [0.15, 0.2) is 0 Å². The molecule has 0 aliphatic heterocycles. The fourth-order valence-corrected chi connectivity index (χ4v) is 2.43. The van der Waals surface area contributed by atoms with Gasteiger partial charge in [0.05, 0.1) is 18.4 Å². The third-order valence-electron chi connectivity index (χ3n) is 3.73. The van der Waals surface area contributed by atoms with Crippen molar-refractivity contribution in [3.8, 4) is 0 Å². The predicted octanol–water partition coefficient (Wildman–Crippen LogP) is 2.34. The van der Waals surface area contributed by atoms with Crippen molar-refractivity contribution in [2.45, 2.75) is 58.3 Å². The van der Waals surface area contributed by atoms with Gasteiger partial charge in [-0.05, 0) is 46.6 Å². The van der Waals surface area contributed by atoms with Crippen LogP contribution in [0.2, 0.25) is 0 Å². The first-order valence-corrected chi connectivity index (χ1v) is 6.41. The van der Waals surface area contributed by atoms with E-state index in [1.165, 1.54) is 12.8 Å². The van der Waals surface area contributed by atoms with E-state index in [9.17, 15) is 0 Å². The summed E-state index contributed by atoms with van der Waals surface area (Å²) >= 11 is 0. The van der Waals surface area contributed by atoms with E-state index in [0.717, 1.165) is 29.9 Å². The minimum absolute atomic E-state index is 0.397. The summed E-state index contributed by atoms with van der Waals surface area (Å²) in [5.74, 6) is 0.881. The summed E-state index contributed by atoms with van der Waals surface area (Å²) in [6.07, 6.45) is 5.11. The highest BCUT2D eigenvalue weighted by molar-refractivity contribution is 5.19. The number of rotatable bonds is 4. The smallest absolute Gasteiger partial charge is 0.139 e. The molecule has 96 valence electrons. The Morgan fingerprint density at radius 1 is 1.29 bits per heavy atom. The number of ether oxygens (including phenoxy) is 1. The Morgan fingerprint density at radius 2 is 2.00 bits per heavy atom. The van der Waals surface area contributed by atoms with Gasteiger partial charge in [0, 0.05) is 11.6 Å². The molecule has 0 aromatic carbocycles. The Balaban J connectivity index is 1.80. The zero-order chi connectivity index (χ0) is 12.3. The quantitative estimate of drug-likeness (QED) is 0.874. The van der Waals surface area contributed by atoms with Crippen molar-refractivity contribution in [2.24, 2.45) is 0 Å². The lowest BCUT2D eigenvalue weighted by Gasteiger charge is -2.28. The average molecular weight is 238 g/mol. The Labute approximate surface area is 103 Å². The maximum absolute atomic E-state index is 5.95. The molecule has 0 saturated heterocycles. The lowest BCUT2D eigenvalue weighted by Crippen LogP contribution is -2.32. The van der Waals surface area contributed by atoms with Crippen molar-refractivity contribution in [1.82, 2.24) is 10.5 Å². The van der Waals surface area contributed by atoms with Gasteiger partial charge in [-0.2, -0.15) is 0 Å². The summed E-state index contributed by atoms with van der Waals surface area (Å²) in [6.45, 7) is 4.54. The zero-order valence-electron chi connectivity index (χ0n) is 11.0. The van der Waals surface area contributed by atoms with E-state index in [4.69, 9.17) is 9.26 Å². The SMILES string of the molecule is CNC1CCC(OCc2c(C)noc2C)CC1. The molecule has 0 spiro atoms. The highest BCUT2D eigenvalue weighted by Crippen LogP contribution is 2.23. The standard InChI is InChI=1S/C13H22N2O2/c1-9-13(10(2)17-15-9)8-16-12-6-4-11(14-3)5-7-12/h11-12,14H,4-8H2,1-3H3. The van der Waals surface area contributed by atoms with Gasteiger partial charge in [0.2, 0.25) is 0 Å². The summed E-state index contributed by atoms with van der Waals surface area (Å²) in [4.78, 5) is 0. The number of nitrogens with one attached hydrogen (secondary N) is 1. The molecule has 1 aromatic rings. The molecule has 17 heavy (non-hydrogen) atoms. The van der Waals surface area contributed by atoms with E-state index in [1.807, 2.05) is 20.9 Å². The first-order valence-electron chi connectivity index (χ1n) is 6.41. The van der Waals surface area contributed by atoms with Crippen molar-refractivity contribution >= 4 is 0 Å². The zero-order valence-corrected chi connectivity index (χ0v) is 11.0. The topological polar surface area (TPSA) is 47.3 Å². The van der Waals surface area contributed by atoms with Crippen LogP contribution in [0.1, 0.15) is 42.7 Å². The van der Waals surface area contributed by atoms with E-state index in [-0.39, 0.29) is 0 Å². The molecule has 1 aromatic heterocycles. The van der Waals surface area contributed by atoms with Gasteiger partial charge < -0.3 is 14.6 Å².